The molecule has 0 bridgehead atoms. The van der Waals surface area contributed by atoms with Gasteiger partial charge in [0.25, 0.3) is 0 Å². The normalized spacial score (nSPS) is 15.3. The zero-order valence-electron chi connectivity index (χ0n) is 25.6. The average molecular weight is 637 g/mol. The summed E-state index contributed by atoms with van der Waals surface area (Å²) < 4.78 is 42.7. The molecule has 4 aromatic rings. The molecule has 0 saturated carbocycles. The van der Waals surface area contributed by atoms with Crippen LogP contribution < -0.4 is 15.0 Å². The zero-order valence-corrected chi connectivity index (χ0v) is 26.4. The number of alkyl halides is 3. The molecule has 2 heterocycles. The van der Waals surface area contributed by atoms with Crippen LogP contribution >= 0.6 is 11.8 Å². The van der Waals surface area contributed by atoms with Crippen LogP contribution in [0.15, 0.2) is 72.0 Å². The van der Waals surface area contributed by atoms with Gasteiger partial charge in [-0.05, 0) is 80.5 Å². The summed E-state index contributed by atoms with van der Waals surface area (Å²) in [5, 5.41) is 8.17. The lowest BCUT2D eigenvalue weighted by atomic mass is 10.00. The average Bonchev–Trinajstić information content (AvgIpc) is 3.47. The minimum absolute atomic E-state index is 0.179. The molecule has 0 spiro atoms. The topological polar surface area (TPSA) is 84.6 Å². The fraction of sp³-hybridized carbons (Fsp3) is 0.333. The molecule has 0 aliphatic carbocycles. The highest BCUT2D eigenvalue weighted by Crippen LogP contribution is 2.32. The number of carbonyl (C=O) groups excluding carboxylic acids is 1. The first-order valence-electron chi connectivity index (χ1n) is 14.7. The number of nitrogens with zero attached hydrogens (tertiary/aromatic N) is 5. The van der Waals surface area contributed by atoms with Gasteiger partial charge in [0.1, 0.15) is 12.1 Å². The summed E-state index contributed by atoms with van der Waals surface area (Å²) in [6, 6.07) is 17.3. The molecule has 1 aliphatic heterocycles. The van der Waals surface area contributed by atoms with Gasteiger partial charge in [-0.1, -0.05) is 60.6 Å². The third-order valence-corrected chi connectivity index (χ3v) is 8.38. The lowest BCUT2D eigenvalue weighted by Gasteiger charge is -2.32. The number of ether oxygens (including phenoxy) is 1. The SMILES string of the molecule is Cc1cc(C)c(N2CCCS/C2=N\C(=O)NCC(C)Cc2ccc(-c3ncn(-c4ccc(OC(F)(F)F)cc4)n3)cc2)c(C)c1. The Hall–Kier alpha value is -4.32. The van der Waals surface area contributed by atoms with E-state index in [4.69, 9.17) is 0 Å². The first-order valence-corrected chi connectivity index (χ1v) is 15.7. The van der Waals surface area contributed by atoms with Gasteiger partial charge in [0.05, 0.1) is 5.69 Å². The van der Waals surface area contributed by atoms with E-state index in [1.807, 2.05) is 24.3 Å². The Balaban J connectivity index is 1.15. The molecule has 45 heavy (non-hydrogen) atoms. The third kappa shape index (κ3) is 8.44. The van der Waals surface area contributed by atoms with Gasteiger partial charge in [0.2, 0.25) is 0 Å². The smallest absolute Gasteiger partial charge is 0.406 e. The maximum Gasteiger partial charge on any atom is 0.573 e. The standard InChI is InChI=1S/C33H35F3N6O2S/c1-21-16-23(3)29(24(4)17-21)41-14-5-15-45-32(41)39-31(43)37-19-22(2)18-25-6-8-26(9-7-25)30-38-20-42(40-30)27-10-12-28(13-11-27)44-33(34,35)36/h6-13,16-17,20,22H,5,14-15,18-19H2,1-4H3,(H,37,43)/b39-32-. The van der Waals surface area contributed by atoms with Crippen molar-refractivity contribution in [3.8, 4) is 22.8 Å². The van der Waals surface area contributed by atoms with Gasteiger partial charge >= 0.3 is 12.4 Å². The number of benzene rings is 3. The Morgan fingerprint density at radius 2 is 1.76 bits per heavy atom. The number of rotatable bonds is 8. The molecule has 2 amide bonds. The van der Waals surface area contributed by atoms with E-state index in [1.165, 1.54) is 52.0 Å². The minimum Gasteiger partial charge on any atom is -0.406 e. The van der Waals surface area contributed by atoms with E-state index >= 15 is 0 Å². The highest BCUT2D eigenvalue weighted by molar-refractivity contribution is 8.14. The number of halogens is 3. The number of amides is 2. The fourth-order valence-electron chi connectivity index (χ4n) is 5.43. The Kier molecular flexibility index (Phi) is 9.81. The zero-order chi connectivity index (χ0) is 32.1. The van der Waals surface area contributed by atoms with Gasteiger partial charge in [0, 0.05) is 30.1 Å². The van der Waals surface area contributed by atoms with Crippen molar-refractivity contribution >= 4 is 28.6 Å². The van der Waals surface area contributed by atoms with Crippen LogP contribution in [0, 0.1) is 26.7 Å². The van der Waals surface area contributed by atoms with Crippen molar-refractivity contribution in [1.29, 1.82) is 0 Å². The van der Waals surface area contributed by atoms with Crippen molar-refractivity contribution in [3.05, 3.63) is 89.2 Å². The van der Waals surface area contributed by atoms with Crippen molar-refractivity contribution < 1.29 is 22.7 Å². The van der Waals surface area contributed by atoms with Gasteiger partial charge in [-0.3, -0.25) is 0 Å². The first kappa shape index (κ1) is 32.1. The van der Waals surface area contributed by atoms with Crippen molar-refractivity contribution in [1.82, 2.24) is 20.1 Å². The summed E-state index contributed by atoms with van der Waals surface area (Å²) in [5.74, 6) is 1.30. The number of carbonyl (C=O) groups is 1. The number of hydrogen-bond donors (Lipinski definition) is 1. The van der Waals surface area contributed by atoms with E-state index in [1.54, 1.807) is 11.8 Å². The Bertz CT molecular complexity index is 1650. The van der Waals surface area contributed by atoms with Crippen LogP contribution in [0.5, 0.6) is 5.75 Å². The first-order chi connectivity index (χ1) is 21.4. The van der Waals surface area contributed by atoms with Crippen molar-refractivity contribution in [2.45, 2.75) is 46.9 Å². The molecule has 1 aliphatic rings. The molecule has 1 atom stereocenters. The second-order valence-electron chi connectivity index (χ2n) is 11.2. The quantitative estimate of drug-likeness (QED) is 0.214. The molecular weight excluding hydrogens is 601 g/mol. The number of aryl methyl sites for hydroxylation is 3. The summed E-state index contributed by atoms with van der Waals surface area (Å²) >= 11 is 1.62. The molecule has 5 rings (SSSR count). The molecule has 12 heteroatoms. The number of hydrogen-bond acceptors (Lipinski definition) is 5. The predicted octanol–water partition coefficient (Wildman–Crippen LogP) is 7.65. The van der Waals surface area contributed by atoms with E-state index in [2.05, 4.69) is 69.9 Å². The van der Waals surface area contributed by atoms with E-state index in [0.717, 1.165) is 47.1 Å². The van der Waals surface area contributed by atoms with Gasteiger partial charge in [0.15, 0.2) is 11.0 Å². The number of amidine groups is 1. The Morgan fingerprint density at radius 3 is 2.42 bits per heavy atom. The van der Waals surface area contributed by atoms with Crippen LogP contribution in [0.4, 0.5) is 23.7 Å². The summed E-state index contributed by atoms with van der Waals surface area (Å²) in [7, 11) is 0. The van der Waals surface area contributed by atoms with Crippen LogP contribution in [-0.4, -0.2) is 51.2 Å². The van der Waals surface area contributed by atoms with Crippen LogP contribution in [0.2, 0.25) is 0 Å². The molecule has 1 saturated heterocycles. The van der Waals surface area contributed by atoms with Crippen molar-refractivity contribution in [3.63, 3.8) is 0 Å². The molecular formula is C33H35F3N6O2S. The molecule has 3 aromatic carbocycles. The van der Waals surface area contributed by atoms with Crippen LogP contribution in [0.25, 0.3) is 17.1 Å². The summed E-state index contributed by atoms with van der Waals surface area (Å²) in [5.41, 5.74) is 7.17. The third-order valence-electron chi connectivity index (χ3n) is 7.32. The molecule has 8 nitrogen and oxygen atoms in total. The summed E-state index contributed by atoms with van der Waals surface area (Å²) in [4.78, 5) is 23.8. The lowest BCUT2D eigenvalue weighted by Crippen LogP contribution is -2.37. The van der Waals surface area contributed by atoms with E-state index in [-0.39, 0.29) is 17.7 Å². The molecule has 0 radical (unpaired) electrons. The highest BCUT2D eigenvalue weighted by Gasteiger charge is 2.31. The predicted molar refractivity (Wildman–Crippen MR) is 172 cm³/mol. The van der Waals surface area contributed by atoms with Gasteiger partial charge in [-0.15, -0.1) is 18.3 Å². The molecule has 1 N–H and O–H groups in total. The second kappa shape index (κ2) is 13.8. The van der Waals surface area contributed by atoms with Gasteiger partial charge < -0.3 is 15.0 Å². The monoisotopic (exact) mass is 636 g/mol. The Labute approximate surface area is 264 Å². The number of nitrogens with one attached hydrogen (secondary N) is 1. The van der Waals surface area contributed by atoms with Crippen LogP contribution in [-0.2, 0) is 6.42 Å². The fourth-order valence-corrected chi connectivity index (χ4v) is 6.37. The molecule has 1 aromatic heterocycles. The molecule has 1 fully saturated rings. The summed E-state index contributed by atoms with van der Waals surface area (Å²) in [6.07, 6.45) is -1.45. The number of aliphatic imine (C=N–C) groups is 1. The number of anilines is 1. The van der Waals surface area contributed by atoms with Gasteiger partial charge in [-0.2, -0.15) is 4.99 Å². The Morgan fingerprint density at radius 1 is 1.07 bits per heavy atom. The number of thioether (sulfide) groups is 1. The largest absolute Gasteiger partial charge is 0.573 e. The lowest BCUT2D eigenvalue weighted by molar-refractivity contribution is -0.274. The second-order valence-corrected chi connectivity index (χ2v) is 12.3. The maximum atomic E-state index is 12.8. The minimum atomic E-state index is -4.74. The molecule has 236 valence electrons. The van der Waals surface area contributed by atoms with E-state index in [9.17, 15) is 18.0 Å². The van der Waals surface area contributed by atoms with Gasteiger partial charge in [-0.25, -0.2) is 14.5 Å². The molecule has 1 unspecified atom stereocenters. The number of urea groups is 1. The van der Waals surface area contributed by atoms with E-state index < -0.39 is 6.36 Å². The maximum absolute atomic E-state index is 12.8. The van der Waals surface area contributed by atoms with E-state index in [0.29, 0.717) is 18.1 Å². The van der Waals surface area contributed by atoms with Crippen LogP contribution in [0.1, 0.15) is 35.6 Å². The summed E-state index contributed by atoms with van der Waals surface area (Å²) in [6.45, 7) is 9.70. The highest BCUT2D eigenvalue weighted by atomic mass is 32.2. The van der Waals surface area contributed by atoms with Crippen LogP contribution in [0.3, 0.4) is 0 Å². The number of aromatic nitrogens is 3. The van der Waals surface area contributed by atoms with Crippen molar-refractivity contribution in [2.24, 2.45) is 10.9 Å². The van der Waals surface area contributed by atoms with Crippen molar-refractivity contribution in [2.75, 3.05) is 23.7 Å².